The summed E-state index contributed by atoms with van der Waals surface area (Å²) in [4.78, 5) is 13.1. The van der Waals surface area contributed by atoms with Gasteiger partial charge < -0.3 is 4.74 Å². The van der Waals surface area contributed by atoms with Gasteiger partial charge in [-0.05, 0) is 30.0 Å². The van der Waals surface area contributed by atoms with Gasteiger partial charge >= 0.3 is 0 Å². The van der Waals surface area contributed by atoms with Gasteiger partial charge in [-0.2, -0.15) is 0 Å². The molecule has 1 heterocycles. The predicted octanol–water partition coefficient (Wildman–Crippen LogP) is 3.49. The Morgan fingerprint density at radius 2 is 2.18 bits per heavy atom. The van der Waals surface area contributed by atoms with E-state index in [2.05, 4.69) is 0 Å². The standard InChI is InChI=1S/C14H14O2S/c1-10-5-6-11(8-14(10)16-2)13(15)9-12-4-3-7-17-12/h3-8H,9H2,1-2H3. The van der Waals surface area contributed by atoms with Crippen LogP contribution in [0.25, 0.3) is 0 Å². The third-order valence-electron chi connectivity index (χ3n) is 2.64. The van der Waals surface area contributed by atoms with Crippen LogP contribution in [0.15, 0.2) is 35.7 Å². The van der Waals surface area contributed by atoms with Crippen molar-refractivity contribution in [3.05, 3.63) is 51.7 Å². The molecule has 17 heavy (non-hydrogen) atoms. The first kappa shape index (κ1) is 11.9. The summed E-state index contributed by atoms with van der Waals surface area (Å²) in [6, 6.07) is 9.52. The number of methoxy groups -OCH3 is 1. The third-order valence-corrected chi connectivity index (χ3v) is 3.52. The first-order valence-corrected chi connectivity index (χ1v) is 6.29. The van der Waals surface area contributed by atoms with Crippen molar-refractivity contribution in [2.24, 2.45) is 0 Å². The SMILES string of the molecule is COc1cc(C(=O)Cc2cccs2)ccc1C. The van der Waals surface area contributed by atoms with Crippen molar-refractivity contribution < 1.29 is 9.53 Å². The van der Waals surface area contributed by atoms with Gasteiger partial charge in [0.25, 0.3) is 0 Å². The number of ketones is 1. The topological polar surface area (TPSA) is 26.3 Å². The average Bonchev–Trinajstić information content (AvgIpc) is 2.82. The second kappa shape index (κ2) is 5.15. The van der Waals surface area contributed by atoms with Crippen molar-refractivity contribution in [3.8, 4) is 5.75 Å². The molecular weight excluding hydrogens is 232 g/mol. The van der Waals surface area contributed by atoms with Crippen LogP contribution in [0.1, 0.15) is 20.8 Å². The van der Waals surface area contributed by atoms with Gasteiger partial charge in [0.05, 0.1) is 7.11 Å². The summed E-state index contributed by atoms with van der Waals surface area (Å²) in [5, 5.41) is 1.98. The maximum Gasteiger partial charge on any atom is 0.168 e. The van der Waals surface area contributed by atoms with E-state index in [1.165, 1.54) is 0 Å². The molecule has 0 atom stereocenters. The average molecular weight is 246 g/mol. The highest BCUT2D eigenvalue weighted by atomic mass is 32.1. The van der Waals surface area contributed by atoms with Crippen LogP contribution in [0.5, 0.6) is 5.75 Å². The van der Waals surface area contributed by atoms with Gasteiger partial charge in [0.1, 0.15) is 5.75 Å². The number of aryl methyl sites for hydroxylation is 1. The summed E-state index contributed by atoms with van der Waals surface area (Å²) < 4.78 is 5.22. The number of benzene rings is 1. The van der Waals surface area contributed by atoms with Crippen molar-refractivity contribution in [3.63, 3.8) is 0 Å². The lowest BCUT2D eigenvalue weighted by Crippen LogP contribution is -2.03. The monoisotopic (exact) mass is 246 g/mol. The van der Waals surface area contributed by atoms with Crippen LogP contribution in [0.2, 0.25) is 0 Å². The normalized spacial score (nSPS) is 10.2. The van der Waals surface area contributed by atoms with E-state index in [1.54, 1.807) is 18.4 Å². The summed E-state index contributed by atoms with van der Waals surface area (Å²) in [6.45, 7) is 1.96. The van der Waals surface area contributed by atoms with Crippen LogP contribution in [0.3, 0.4) is 0 Å². The maximum atomic E-state index is 12.0. The van der Waals surface area contributed by atoms with Crippen LogP contribution >= 0.6 is 11.3 Å². The van der Waals surface area contributed by atoms with E-state index in [4.69, 9.17) is 4.74 Å². The van der Waals surface area contributed by atoms with Crippen LogP contribution < -0.4 is 4.74 Å². The molecule has 0 aliphatic carbocycles. The number of ether oxygens (including phenoxy) is 1. The molecule has 0 aliphatic heterocycles. The van der Waals surface area contributed by atoms with Crippen LogP contribution in [0.4, 0.5) is 0 Å². The highest BCUT2D eigenvalue weighted by Crippen LogP contribution is 2.20. The summed E-state index contributed by atoms with van der Waals surface area (Å²) in [5.41, 5.74) is 1.75. The number of hydrogen-bond donors (Lipinski definition) is 0. The van der Waals surface area contributed by atoms with Gasteiger partial charge in [-0.25, -0.2) is 0 Å². The van der Waals surface area contributed by atoms with E-state index in [9.17, 15) is 4.79 Å². The van der Waals surface area contributed by atoms with Crippen LogP contribution in [-0.2, 0) is 6.42 Å². The quantitative estimate of drug-likeness (QED) is 0.772. The molecule has 0 unspecified atom stereocenters. The van der Waals surface area contributed by atoms with E-state index < -0.39 is 0 Å². The molecule has 2 aromatic rings. The van der Waals surface area contributed by atoms with Gasteiger partial charge in [0.15, 0.2) is 5.78 Å². The zero-order valence-corrected chi connectivity index (χ0v) is 10.7. The van der Waals surface area contributed by atoms with Crippen molar-refractivity contribution >= 4 is 17.1 Å². The number of thiophene rings is 1. The molecule has 0 fully saturated rings. The van der Waals surface area contributed by atoms with E-state index in [0.717, 1.165) is 16.2 Å². The van der Waals surface area contributed by atoms with Gasteiger partial charge in [-0.3, -0.25) is 4.79 Å². The highest BCUT2D eigenvalue weighted by Gasteiger charge is 2.09. The third kappa shape index (κ3) is 2.74. The van der Waals surface area contributed by atoms with E-state index >= 15 is 0 Å². The Kier molecular flexibility index (Phi) is 3.59. The lowest BCUT2D eigenvalue weighted by Gasteiger charge is -2.06. The first-order valence-electron chi connectivity index (χ1n) is 5.41. The Bertz CT molecular complexity index is 515. The lowest BCUT2D eigenvalue weighted by atomic mass is 10.1. The van der Waals surface area contributed by atoms with Gasteiger partial charge in [-0.15, -0.1) is 11.3 Å². The van der Waals surface area contributed by atoms with E-state index in [1.807, 2.05) is 42.6 Å². The van der Waals surface area contributed by atoms with Crippen molar-refractivity contribution in [1.82, 2.24) is 0 Å². The molecule has 0 saturated heterocycles. The lowest BCUT2D eigenvalue weighted by molar-refractivity contribution is 0.0993. The van der Waals surface area contributed by atoms with Gasteiger partial charge in [-0.1, -0.05) is 18.2 Å². The second-order valence-corrected chi connectivity index (χ2v) is 4.90. The Morgan fingerprint density at radius 3 is 2.82 bits per heavy atom. The zero-order chi connectivity index (χ0) is 12.3. The zero-order valence-electron chi connectivity index (χ0n) is 9.90. The predicted molar refractivity (Wildman–Crippen MR) is 70.1 cm³/mol. The summed E-state index contributed by atoms with van der Waals surface area (Å²) in [7, 11) is 1.62. The minimum absolute atomic E-state index is 0.130. The molecular formula is C14H14O2S. The van der Waals surface area contributed by atoms with E-state index in [-0.39, 0.29) is 5.78 Å². The molecule has 0 N–H and O–H groups in total. The summed E-state index contributed by atoms with van der Waals surface area (Å²) in [6.07, 6.45) is 0.462. The molecule has 0 bridgehead atoms. The number of rotatable bonds is 4. The minimum atomic E-state index is 0.130. The fourth-order valence-electron chi connectivity index (χ4n) is 1.67. The molecule has 0 saturated carbocycles. The van der Waals surface area contributed by atoms with Crippen LogP contribution in [-0.4, -0.2) is 12.9 Å². The minimum Gasteiger partial charge on any atom is -0.496 e. The number of carbonyl (C=O) groups excluding carboxylic acids is 1. The summed E-state index contributed by atoms with van der Waals surface area (Å²) in [5.74, 6) is 0.896. The Hall–Kier alpha value is -1.61. The largest absolute Gasteiger partial charge is 0.496 e. The molecule has 2 nitrogen and oxygen atoms in total. The molecule has 1 aromatic carbocycles. The van der Waals surface area contributed by atoms with Crippen molar-refractivity contribution in [2.45, 2.75) is 13.3 Å². The molecule has 2 rings (SSSR count). The number of carbonyl (C=O) groups is 1. The second-order valence-electron chi connectivity index (χ2n) is 3.86. The van der Waals surface area contributed by atoms with Crippen molar-refractivity contribution in [2.75, 3.05) is 7.11 Å². The first-order chi connectivity index (χ1) is 8.20. The Morgan fingerprint density at radius 1 is 1.35 bits per heavy atom. The highest BCUT2D eigenvalue weighted by molar-refractivity contribution is 7.10. The molecule has 0 aliphatic rings. The van der Waals surface area contributed by atoms with Crippen molar-refractivity contribution in [1.29, 1.82) is 0 Å². The molecule has 88 valence electrons. The summed E-state index contributed by atoms with van der Waals surface area (Å²) >= 11 is 1.61. The van der Waals surface area contributed by atoms with E-state index in [0.29, 0.717) is 12.0 Å². The molecule has 0 radical (unpaired) electrons. The fraction of sp³-hybridized carbons (Fsp3) is 0.214. The number of Topliss-reactive ketones (excluding diaryl/α,β-unsaturated/α-hetero) is 1. The molecule has 0 amide bonds. The van der Waals surface area contributed by atoms with Gasteiger partial charge in [0, 0.05) is 16.9 Å². The van der Waals surface area contributed by atoms with Crippen LogP contribution in [0, 0.1) is 6.92 Å². The van der Waals surface area contributed by atoms with Gasteiger partial charge in [0.2, 0.25) is 0 Å². The number of hydrogen-bond acceptors (Lipinski definition) is 3. The fourth-order valence-corrected chi connectivity index (χ4v) is 2.37. The smallest absolute Gasteiger partial charge is 0.168 e. The molecule has 0 spiro atoms. The molecule has 3 heteroatoms. The molecule has 1 aromatic heterocycles. The Balaban J connectivity index is 2.19. The Labute approximate surface area is 105 Å². The maximum absolute atomic E-state index is 12.0.